The van der Waals surface area contributed by atoms with Gasteiger partial charge in [0.25, 0.3) is 0 Å². The Hall–Kier alpha value is -2.08. The quantitative estimate of drug-likeness (QED) is 0.747. The van der Waals surface area contributed by atoms with Gasteiger partial charge in [0, 0.05) is 24.4 Å². The van der Waals surface area contributed by atoms with Gasteiger partial charge in [0.05, 0.1) is 0 Å². The summed E-state index contributed by atoms with van der Waals surface area (Å²) in [6, 6.07) is 6.35. The van der Waals surface area contributed by atoms with Crippen LogP contribution in [0.25, 0.3) is 0 Å². The van der Waals surface area contributed by atoms with Crippen LogP contribution in [-0.2, 0) is 16.1 Å². The Morgan fingerprint density at radius 2 is 1.95 bits per heavy atom. The van der Waals surface area contributed by atoms with Crippen molar-refractivity contribution in [2.75, 3.05) is 0 Å². The number of hydrogen-bond donors (Lipinski definition) is 3. The van der Waals surface area contributed by atoms with Crippen molar-refractivity contribution in [1.82, 2.24) is 10.6 Å². The number of benzene rings is 1. The lowest BCUT2D eigenvalue weighted by Crippen LogP contribution is -2.39. The Morgan fingerprint density at radius 1 is 1.20 bits per heavy atom. The van der Waals surface area contributed by atoms with E-state index in [1.165, 1.54) is 0 Å². The third-order valence-corrected chi connectivity index (χ3v) is 2.62. The molecule has 0 saturated heterocycles. The van der Waals surface area contributed by atoms with Gasteiger partial charge in [0.1, 0.15) is 0 Å². The second-order valence-corrected chi connectivity index (χ2v) is 4.54. The predicted octanol–water partition coefficient (Wildman–Crippen LogP) is 1.92. The highest BCUT2D eigenvalue weighted by Gasteiger charge is 2.08. The molecule has 0 heterocycles. The van der Waals surface area contributed by atoms with E-state index in [1.807, 2.05) is 0 Å². The Kier molecular flexibility index (Phi) is 6.52. The van der Waals surface area contributed by atoms with E-state index in [1.54, 1.807) is 24.3 Å². The highest BCUT2D eigenvalue weighted by Crippen LogP contribution is 2.10. The maximum atomic E-state index is 11.4. The molecule has 3 N–H and O–H groups in total. The smallest absolute Gasteiger partial charge is 0.321 e. The number of rotatable bonds is 6. The molecule has 3 amide bonds. The van der Waals surface area contributed by atoms with E-state index in [0.29, 0.717) is 5.02 Å². The lowest BCUT2D eigenvalue weighted by atomic mass is 10.2. The number of nitrogens with one attached hydrogen (secondary N) is 2. The van der Waals surface area contributed by atoms with Crippen LogP contribution in [0, 0.1) is 0 Å². The number of urea groups is 1. The van der Waals surface area contributed by atoms with E-state index in [0.717, 1.165) is 5.56 Å². The second kappa shape index (κ2) is 8.16. The van der Waals surface area contributed by atoms with Crippen LogP contribution >= 0.6 is 11.6 Å². The lowest BCUT2D eigenvalue weighted by Gasteiger charge is -2.06. The van der Waals surface area contributed by atoms with E-state index < -0.39 is 17.9 Å². The molecule has 1 aromatic rings. The second-order valence-electron chi connectivity index (χ2n) is 4.11. The van der Waals surface area contributed by atoms with Gasteiger partial charge >= 0.3 is 12.0 Å². The average Bonchev–Trinajstić information content (AvgIpc) is 2.36. The number of carbonyl (C=O) groups excluding carboxylic acids is 2. The minimum absolute atomic E-state index is 0.00309. The Labute approximate surface area is 121 Å². The number of aliphatic carboxylic acids is 1. The molecule has 1 aromatic carbocycles. The van der Waals surface area contributed by atoms with Crippen LogP contribution in [-0.4, -0.2) is 23.0 Å². The summed E-state index contributed by atoms with van der Waals surface area (Å²) in [6.07, 6.45) is 0.0944. The van der Waals surface area contributed by atoms with Gasteiger partial charge in [-0.15, -0.1) is 0 Å². The summed E-state index contributed by atoms with van der Waals surface area (Å²) in [4.78, 5) is 33.0. The first-order valence-corrected chi connectivity index (χ1v) is 6.39. The highest BCUT2D eigenvalue weighted by molar-refractivity contribution is 6.30. The summed E-state index contributed by atoms with van der Waals surface area (Å²) in [5.74, 6) is -1.47. The van der Waals surface area contributed by atoms with Crippen molar-refractivity contribution >= 4 is 29.5 Å². The maximum absolute atomic E-state index is 11.4. The van der Waals surface area contributed by atoms with Crippen LogP contribution in [0.2, 0.25) is 5.02 Å². The van der Waals surface area contributed by atoms with Crippen LogP contribution in [0.15, 0.2) is 24.3 Å². The molecule has 0 radical (unpaired) electrons. The molecule has 0 bridgehead atoms. The number of carboxylic acid groups (broad SMARTS) is 1. The van der Waals surface area contributed by atoms with Crippen molar-refractivity contribution in [3.63, 3.8) is 0 Å². The van der Waals surface area contributed by atoms with Gasteiger partial charge in [0.2, 0.25) is 5.91 Å². The molecule has 0 atom stereocenters. The van der Waals surface area contributed by atoms with Crippen molar-refractivity contribution < 1.29 is 19.5 Å². The van der Waals surface area contributed by atoms with Gasteiger partial charge < -0.3 is 10.4 Å². The summed E-state index contributed by atoms with van der Waals surface area (Å²) >= 11 is 5.80. The van der Waals surface area contributed by atoms with E-state index >= 15 is 0 Å². The van der Waals surface area contributed by atoms with Crippen LogP contribution in [0.3, 0.4) is 0 Å². The highest BCUT2D eigenvalue weighted by atomic mass is 35.5. The summed E-state index contributed by atoms with van der Waals surface area (Å²) in [7, 11) is 0. The molecule has 6 nitrogen and oxygen atoms in total. The van der Waals surface area contributed by atoms with Gasteiger partial charge in [0.15, 0.2) is 0 Å². The lowest BCUT2D eigenvalue weighted by molar-refractivity contribution is -0.137. The first-order valence-electron chi connectivity index (χ1n) is 6.01. The van der Waals surface area contributed by atoms with Crippen LogP contribution in [0.4, 0.5) is 4.79 Å². The third-order valence-electron chi connectivity index (χ3n) is 2.39. The van der Waals surface area contributed by atoms with E-state index in [4.69, 9.17) is 16.7 Å². The molecule has 108 valence electrons. The molecule has 20 heavy (non-hydrogen) atoms. The zero-order chi connectivity index (χ0) is 15.0. The Bertz CT molecular complexity index is 505. The minimum Gasteiger partial charge on any atom is -0.481 e. The standard InChI is InChI=1S/C13H15ClN2O4/c14-10-4-1-3-9(7-10)8-15-13(20)16-11(17)5-2-6-12(18)19/h1,3-4,7H,2,5-6,8H2,(H,18,19)(H2,15,16,17,20). The number of halogens is 1. The molecular formula is C13H15ClN2O4. The third kappa shape index (κ3) is 6.75. The van der Waals surface area contributed by atoms with Crippen molar-refractivity contribution in [2.24, 2.45) is 0 Å². The fourth-order valence-electron chi connectivity index (χ4n) is 1.46. The van der Waals surface area contributed by atoms with Crippen LogP contribution in [0.5, 0.6) is 0 Å². The number of hydrogen-bond acceptors (Lipinski definition) is 3. The molecule has 0 aromatic heterocycles. The molecule has 1 rings (SSSR count). The molecular weight excluding hydrogens is 284 g/mol. The van der Waals surface area contributed by atoms with Gasteiger partial charge in [-0.1, -0.05) is 23.7 Å². The molecule has 0 fully saturated rings. The van der Waals surface area contributed by atoms with Gasteiger partial charge in [-0.2, -0.15) is 0 Å². The number of carbonyl (C=O) groups is 3. The maximum Gasteiger partial charge on any atom is 0.321 e. The predicted molar refractivity (Wildman–Crippen MR) is 73.3 cm³/mol. The summed E-state index contributed by atoms with van der Waals surface area (Å²) in [5.41, 5.74) is 0.811. The van der Waals surface area contributed by atoms with E-state index in [9.17, 15) is 14.4 Å². The number of amides is 3. The van der Waals surface area contributed by atoms with Gasteiger partial charge in [-0.05, 0) is 24.1 Å². The minimum atomic E-state index is -0.969. The normalized spacial score (nSPS) is 9.85. The largest absolute Gasteiger partial charge is 0.481 e. The van der Waals surface area contributed by atoms with Gasteiger partial charge in [-0.25, -0.2) is 4.79 Å². The Balaban J connectivity index is 2.26. The fourth-order valence-corrected chi connectivity index (χ4v) is 1.68. The first-order chi connectivity index (χ1) is 9.47. The summed E-state index contributed by atoms with van der Waals surface area (Å²) in [6.45, 7) is 0.245. The topological polar surface area (TPSA) is 95.5 Å². The molecule has 7 heteroatoms. The number of carboxylic acids is 1. The van der Waals surface area contributed by atoms with Crippen molar-refractivity contribution in [2.45, 2.75) is 25.8 Å². The van der Waals surface area contributed by atoms with Crippen molar-refractivity contribution in [3.8, 4) is 0 Å². The SMILES string of the molecule is O=C(O)CCCC(=O)NC(=O)NCc1cccc(Cl)c1. The monoisotopic (exact) mass is 298 g/mol. The van der Waals surface area contributed by atoms with E-state index in [-0.39, 0.29) is 25.8 Å². The van der Waals surface area contributed by atoms with Crippen LogP contribution in [0.1, 0.15) is 24.8 Å². The molecule has 0 aliphatic rings. The van der Waals surface area contributed by atoms with Crippen LogP contribution < -0.4 is 10.6 Å². The average molecular weight is 299 g/mol. The van der Waals surface area contributed by atoms with E-state index in [2.05, 4.69) is 10.6 Å². The molecule has 0 aliphatic heterocycles. The fraction of sp³-hybridized carbons (Fsp3) is 0.308. The number of imide groups is 1. The summed E-state index contributed by atoms with van der Waals surface area (Å²) < 4.78 is 0. The Morgan fingerprint density at radius 3 is 2.60 bits per heavy atom. The summed E-state index contributed by atoms with van der Waals surface area (Å²) in [5, 5.41) is 13.6. The van der Waals surface area contributed by atoms with Crippen molar-refractivity contribution in [3.05, 3.63) is 34.9 Å². The first kappa shape index (κ1) is 16.0. The molecule has 0 unspecified atom stereocenters. The molecule has 0 aliphatic carbocycles. The molecule has 0 spiro atoms. The zero-order valence-electron chi connectivity index (χ0n) is 10.7. The zero-order valence-corrected chi connectivity index (χ0v) is 11.4. The molecule has 0 saturated carbocycles. The van der Waals surface area contributed by atoms with Crippen molar-refractivity contribution in [1.29, 1.82) is 0 Å². The van der Waals surface area contributed by atoms with Gasteiger partial charge in [-0.3, -0.25) is 14.9 Å².